The van der Waals surface area contributed by atoms with Crippen LogP contribution in [-0.4, -0.2) is 22.5 Å². The third kappa shape index (κ3) is 2.78. The lowest BCUT2D eigenvalue weighted by Gasteiger charge is -2.40. The number of hydrogen-bond acceptors (Lipinski definition) is 3. The molecular weight excluding hydrogens is 298 g/mol. The minimum Gasteiger partial charge on any atom is -0.481 e. The number of rotatable bonds is 4. The highest BCUT2D eigenvalue weighted by molar-refractivity contribution is 7.10. The summed E-state index contributed by atoms with van der Waals surface area (Å²) < 4.78 is 0. The van der Waals surface area contributed by atoms with E-state index in [2.05, 4.69) is 23.7 Å². The first-order valence-electron chi connectivity index (χ1n) is 8.01. The van der Waals surface area contributed by atoms with E-state index < -0.39 is 17.4 Å². The molecule has 0 spiro atoms. The summed E-state index contributed by atoms with van der Waals surface area (Å²) in [5.41, 5.74) is 0.663. The lowest BCUT2D eigenvalue weighted by Crippen LogP contribution is -2.55. The van der Waals surface area contributed by atoms with E-state index in [0.717, 1.165) is 25.7 Å². The van der Waals surface area contributed by atoms with Gasteiger partial charge in [0.25, 0.3) is 0 Å². The molecule has 4 nitrogen and oxygen atoms in total. The number of aryl methyl sites for hydroxylation is 1. The number of aliphatic carboxylic acids is 1. The smallest absolute Gasteiger partial charge is 0.308 e. The Hall–Kier alpha value is -1.36. The molecule has 22 heavy (non-hydrogen) atoms. The van der Waals surface area contributed by atoms with Crippen LogP contribution >= 0.6 is 11.3 Å². The normalized spacial score (nSPS) is 34.2. The van der Waals surface area contributed by atoms with Crippen LogP contribution in [-0.2, 0) is 9.59 Å². The SMILES string of the molecule is Cc1ccsc1C1CC1C(=O)NC1(C)CCCCC1C(=O)O. The van der Waals surface area contributed by atoms with Crippen molar-refractivity contribution in [1.29, 1.82) is 0 Å². The molecule has 1 heterocycles. The molecule has 2 aliphatic rings. The molecule has 2 N–H and O–H groups in total. The molecule has 1 amide bonds. The number of nitrogens with one attached hydrogen (secondary N) is 1. The molecule has 4 atom stereocenters. The maximum absolute atomic E-state index is 12.6. The Morgan fingerprint density at radius 2 is 2.18 bits per heavy atom. The van der Waals surface area contributed by atoms with Crippen LogP contribution in [0.15, 0.2) is 11.4 Å². The first kappa shape index (κ1) is 15.5. The van der Waals surface area contributed by atoms with E-state index in [0.29, 0.717) is 12.3 Å². The van der Waals surface area contributed by atoms with Gasteiger partial charge < -0.3 is 10.4 Å². The van der Waals surface area contributed by atoms with E-state index in [9.17, 15) is 14.7 Å². The second kappa shape index (κ2) is 5.69. The lowest BCUT2D eigenvalue weighted by molar-refractivity contribution is -0.146. The summed E-state index contributed by atoms with van der Waals surface area (Å²) in [5.74, 6) is -0.871. The fraction of sp³-hybridized carbons (Fsp3) is 0.647. The van der Waals surface area contributed by atoms with Gasteiger partial charge in [-0.25, -0.2) is 0 Å². The minimum atomic E-state index is -0.788. The summed E-state index contributed by atoms with van der Waals surface area (Å²) in [6.07, 6.45) is 4.22. The zero-order valence-corrected chi connectivity index (χ0v) is 13.9. The highest BCUT2D eigenvalue weighted by Crippen LogP contribution is 2.51. The zero-order valence-electron chi connectivity index (χ0n) is 13.1. The van der Waals surface area contributed by atoms with Gasteiger partial charge in [-0.05, 0) is 50.1 Å². The quantitative estimate of drug-likeness (QED) is 0.894. The van der Waals surface area contributed by atoms with Gasteiger partial charge in [0.15, 0.2) is 0 Å². The molecule has 0 aromatic carbocycles. The van der Waals surface area contributed by atoms with Crippen LogP contribution in [0.25, 0.3) is 0 Å². The van der Waals surface area contributed by atoms with E-state index in [1.165, 1.54) is 10.4 Å². The molecule has 1 aromatic rings. The molecule has 2 fully saturated rings. The predicted molar refractivity (Wildman–Crippen MR) is 86.0 cm³/mol. The van der Waals surface area contributed by atoms with E-state index in [1.54, 1.807) is 11.3 Å². The number of carboxylic acid groups (broad SMARTS) is 1. The number of carbonyl (C=O) groups excluding carboxylic acids is 1. The van der Waals surface area contributed by atoms with Crippen LogP contribution in [0.3, 0.4) is 0 Å². The molecule has 1 aromatic heterocycles. The Labute approximate surface area is 134 Å². The Balaban J connectivity index is 1.67. The van der Waals surface area contributed by atoms with Crippen LogP contribution in [0.4, 0.5) is 0 Å². The van der Waals surface area contributed by atoms with Crippen molar-refractivity contribution >= 4 is 23.2 Å². The van der Waals surface area contributed by atoms with E-state index in [-0.39, 0.29) is 11.8 Å². The molecule has 0 aliphatic heterocycles. The van der Waals surface area contributed by atoms with Gasteiger partial charge in [-0.3, -0.25) is 9.59 Å². The Bertz CT molecular complexity index is 596. The van der Waals surface area contributed by atoms with Gasteiger partial charge in [-0.1, -0.05) is 12.8 Å². The number of carbonyl (C=O) groups is 2. The van der Waals surface area contributed by atoms with E-state index in [4.69, 9.17) is 0 Å². The summed E-state index contributed by atoms with van der Waals surface area (Å²) in [7, 11) is 0. The summed E-state index contributed by atoms with van der Waals surface area (Å²) in [5, 5.41) is 14.6. The van der Waals surface area contributed by atoms with Gasteiger partial charge >= 0.3 is 5.97 Å². The average Bonchev–Trinajstić information content (AvgIpc) is 3.13. The fourth-order valence-corrected chi connectivity index (χ4v) is 4.90. The average molecular weight is 321 g/mol. The lowest BCUT2D eigenvalue weighted by atomic mass is 9.74. The third-order valence-electron chi connectivity index (χ3n) is 5.28. The van der Waals surface area contributed by atoms with Crippen molar-refractivity contribution < 1.29 is 14.7 Å². The van der Waals surface area contributed by atoms with Crippen molar-refractivity contribution in [2.45, 2.75) is 57.4 Å². The molecule has 3 rings (SSSR count). The highest BCUT2D eigenvalue weighted by atomic mass is 32.1. The van der Waals surface area contributed by atoms with Crippen LogP contribution in [0.5, 0.6) is 0 Å². The Morgan fingerprint density at radius 3 is 2.82 bits per heavy atom. The van der Waals surface area contributed by atoms with Crippen molar-refractivity contribution in [1.82, 2.24) is 5.32 Å². The molecule has 120 valence electrons. The van der Waals surface area contributed by atoms with Gasteiger partial charge in [0, 0.05) is 16.7 Å². The summed E-state index contributed by atoms with van der Waals surface area (Å²) >= 11 is 1.72. The van der Waals surface area contributed by atoms with Gasteiger partial charge in [0.2, 0.25) is 5.91 Å². The molecule has 0 bridgehead atoms. The standard InChI is InChI=1S/C17H23NO3S/c1-10-6-8-22-14(10)11-9-12(11)15(19)18-17(2)7-4-3-5-13(17)16(20)21/h6,8,11-13H,3-5,7,9H2,1-2H3,(H,18,19)(H,20,21). The molecule has 2 saturated carbocycles. The maximum atomic E-state index is 12.6. The second-order valence-electron chi connectivity index (χ2n) is 6.96. The monoisotopic (exact) mass is 321 g/mol. The summed E-state index contributed by atoms with van der Waals surface area (Å²) in [6, 6.07) is 2.09. The van der Waals surface area contributed by atoms with Crippen molar-refractivity contribution in [2.24, 2.45) is 11.8 Å². The van der Waals surface area contributed by atoms with Crippen LogP contribution < -0.4 is 5.32 Å². The van der Waals surface area contributed by atoms with Gasteiger partial charge in [-0.2, -0.15) is 0 Å². The number of hydrogen-bond donors (Lipinski definition) is 2. The first-order valence-corrected chi connectivity index (χ1v) is 8.89. The molecule has 4 unspecified atom stereocenters. The molecule has 2 aliphatic carbocycles. The third-order valence-corrected chi connectivity index (χ3v) is 6.43. The summed E-state index contributed by atoms with van der Waals surface area (Å²) in [4.78, 5) is 25.4. The zero-order chi connectivity index (χ0) is 15.9. The van der Waals surface area contributed by atoms with Gasteiger partial charge in [-0.15, -0.1) is 11.3 Å². The van der Waals surface area contributed by atoms with Crippen LogP contribution in [0, 0.1) is 18.8 Å². The fourth-order valence-electron chi connectivity index (χ4n) is 3.79. The van der Waals surface area contributed by atoms with Crippen molar-refractivity contribution in [2.75, 3.05) is 0 Å². The number of thiophene rings is 1. The first-order chi connectivity index (χ1) is 10.4. The Kier molecular flexibility index (Phi) is 4.02. The molecule has 5 heteroatoms. The van der Waals surface area contributed by atoms with E-state index in [1.807, 2.05) is 6.92 Å². The number of amides is 1. The summed E-state index contributed by atoms with van der Waals surface area (Å²) in [6.45, 7) is 3.98. The minimum absolute atomic E-state index is 0.0190. The van der Waals surface area contributed by atoms with Gasteiger partial charge in [0.05, 0.1) is 11.5 Å². The number of carboxylic acids is 1. The van der Waals surface area contributed by atoms with Crippen LogP contribution in [0.2, 0.25) is 0 Å². The Morgan fingerprint density at radius 1 is 1.41 bits per heavy atom. The predicted octanol–water partition coefficient (Wildman–Crippen LogP) is 3.31. The highest BCUT2D eigenvalue weighted by Gasteiger charge is 2.49. The maximum Gasteiger partial charge on any atom is 0.308 e. The second-order valence-corrected chi connectivity index (χ2v) is 7.91. The topological polar surface area (TPSA) is 66.4 Å². The van der Waals surface area contributed by atoms with E-state index >= 15 is 0 Å². The molecular formula is C17H23NO3S. The molecule has 0 saturated heterocycles. The van der Waals surface area contributed by atoms with Gasteiger partial charge in [0.1, 0.15) is 0 Å². The van der Waals surface area contributed by atoms with Crippen molar-refractivity contribution in [3.63, 3.8) is 0 Å². The van der Waals surface area contributed by atoms with Crippen molar-refractivity contribution in [3.05, 3.63) is 21.9 Å². The van der Waals surface area contributed by atoms with Crippen LogP contribution in [0.1, 0.15) is 55.4 Å². The van der Waals surface area contributed by atoms with Crippen molar-refractivity contribution in [3.8, 4) is 0 Å². The largest absolute Gasteiger partial charge is 0.481 e. The molecule has 0 radical (unpaired) electrons.